The van der Waals surface area contributed by atoms with Gasteiger partial charge >= 0.3 is 0 Å². The molecule has 0 aromatic heterocycles. The molecule has 0 bridgehead atoms. The predicted octanol–water partition coefficient (Wildman–Crippen LogP) is 7.25. The third-order valence-corrected chi connectivity index (χ3v) is 8.52. The van der Waals surface area contributed by atoms with Crippen LogP contribution in [0.1, 0.15) is 31.8 Å². The number of rotatable bonds is 15. The van der Waals surface area contributed by atoms with Crippen LogP contribution in [0, 0.1) is 0 Å². The van der Waals surface area contributed by atoms with Gasteiger partial charge < -0.3 is 9.47 Å². The van der Waals surface area contributed by atoms with Crippen LogP contribution in [0.2, 0.25) is 0 Å². The molecule has 0 spiro atoms. The highest BCUT2D eigenvalue weighted by Gasteiger charge is 2.15. The zero-order valence-electron chi connectivity index (χ0n) is 23.3. The molecule has 8 nitrogen and oxygen atoms in total. The van der Waals surface area contributed by atoms with Crippen LogP contribution in [0.15, 0.2) is 117 Å². The van der Waals surface area contributed by atoms with Crippen molar-refractivity contribution in [3.05, 3.63) is 119 Å². The highest BCUT2D eigenvalue weighted by molar-refractivity contribution is 8.76. The lowest BCUT2D eigenvalue weighted by Crippen LogP contribution is -2.18. The Morgan fingerprint density at radius 3 is 1.43 bits per heavy atom. The molecular formula is C32H28Cl2N4O4S2. The van der Waals surface area contributed by atoms with E-state index in [-0.39, 0.29) is 11.8 Å². The topological polar surface area (TPSA) is 101 Å². The number of hydrogen-bond acceptors (Lipinski definition) is 8. The summed E-state index contributed by atoms with van der Waals surface area (Å²) in [5.41, 5.74) is 7.46. The fourth-order valence-corrected chi connectivity index (χ4v) is 6.23. The molecule has 0 unspecified atom stereocenters. The number of hydrazone groups is 2. The maximum absolute atomic E-state index is 13.0. The number of hydrogen-bond donors (Lipinski definition) is 2. The normalized spacial score (nSPS) is 11.0. The fraction of sp³-hybridized carbons (Fsp3) is 0.125. The van der Waals surface area contributed by atoms with Gasteiger partial charge in [0.2, 0.25) is 0 Å². The smallest absolute Gasteiger partial charge is 0.272 e. The number of para-hydroxylation sites is 2. The summed E-state index contributed by atoms with van der Waals surface area (Å²) in [5, 5.41) is 8.24. The lowest BCUT2D eigenvalue weighted by Gasteiger charge is -2.10. The molecule has 0 aliphatic carbocycles. The van der Waals surface area contributed by atoms with Gasteiger partial charge in [-0.2, -0.15) is 10.2 Å². The van der Waals surface area contributed by atoms with Crippen LogP contribution in [0.4, 0.5) is 0 Å². The fourth-order valence-electron chi connectivity index (χ4n) is 3.72. The number of halogens is 2. The first kappa shape index (κ1) is 32.9. The highest BCUT2D eigenvalue weighted by atomic mass is 35.5. The van der Waals surface area contributed by atoms with Gasteiger partial charge in [-0.25, -0.2) is 10.9 Å². The first-order valence-electron chi connectivity index (χ1n) is 13.4. The van der Waals surface area contributed by atoms with Gasteiger partial charge in [0.05, 0.1) is 35.3 Å². The van der Waals surface area contributed by atoms with E-state index in [1.807, 2.05) is 72.8 Å². The van der Waals surface area contributed by atoms with Gasteiger partial charge in [0, 0.05) is 20.9 Å². The van der Waals surface area contributed by atoms with E-state index in [2.05, 4.69) is 21.1 Å². The summed E-state index contributed by atoms with van der Waals surface area (Å²) in [7, 11) is 2.71. The van der Waals surface area contributed by atoms with E-state index in [9.17, 15) is 9.59 Å². The monoisotopic (exact) mass is 666 g/mol. The van der Waals surface area contributed by atoms with Crippen LogP contribution < -0.4 is 20.3 Å². The molecule has 0 aliphatic heterocycles. The Hall–Kier alpha value is -3.96. The SMILES string of the molecule is O=C(N/N=C/c1ccccc1OCCCl)c1ccccc1SSc1ccccc1C(=O)N/N=C/c1ccccc1OCCCl. The van der Waals surface area contributed by atoms with E-state index >= 15 is 0 Å². The van der Waals surface area contributed by atoms with Crippen molar-refractivity contribution >= 4 is 69.0 Å². The third kappa shape index (κ3) is 9.78. The molecule has 12 heteroatoms. The molecule has 2 amide bonds. The molecule has 2 N–H and O–H groups in total. The van der Waals surface area contributed by atoms with Gasteiger partial charge in [0.25, 0.3) is 11.8 Å². The summed E-state index contributed by atoms with van der Waals surface area (Å²) in [6, 6.07) is 29.0. The molecule has 0 radical (unpaired) electrons. The standard InChI is InChI=1S/C32H28Cl2N4O4S2/c33-17-19-41-27-13-5-1-9-23(27)21-35-37-31(39)25-11-3-7-15-29(25)43-44-30-16-8-4-12-26(30)32(40)38-36-22-24-10-2-6-14-28(24)42-20-18-34/h1-16,21-22H,17-20H2,(H,37,39)(H,38,40)/b35-21+,36-22+. The Balaban J connectivity index is 1.39. The minimum atomic E-state index is -0.375. The number of amides is 2. The Labute approximate surface area is 273 Å². The third-order valence-electron chi connectivity index (χ3n) is 5.73. The summed E-state index contributed by atoms with van der Waals surface area (Å²) in [6.45, 7) is 0.719. The number of nitrogens with one attached hydrogen (secondary N) is 2. The summed E-state index contributed by atoms with van der Waals surface area (Å²) in [4.78, 5) is 27.5. The van der Waals surface area contributed by atoms with Gasteiger partial charge in [-0.05, 0) is 48.5 Å². The number of carbonyl (C=O) groups excluding carboxylic acids is 2. The van der Waals surface area contributed by atoms with Gasteiger partial charge in [0.1, 0.15) is 24.7 Å². The first-order chi connectivity index (χ1) is 21.6. The van der Waals surface area contributed by atoms with Crippen molar-refractivity contribution in [1.82, 2.24) is 10.9 Å². The molecular weight excluding hydrogens is 639 g/mol. The number of ether oxygens (including phenoxy) is 2. The minimum absolute atomic E-state index is 0.360. The number of nitrogens with zero attached hydrogens (tertiary/aromatic N) is 2. The van der Waals surface area contributed by atoms with Crippen LogP contribution in [-0.2, 0) is 0 Å². The Kier molecular flexibility index (Phi) is 13.5. The van der Waals surface area contributed by atoms with Crippen molar-refractivity contribution in [2.45, 2.75) is 9.79 Å². The van der Waals surface area contributed by atoms with Crippen molar-refractivity contribution in [2.75, 3.05) is 25.0 Å². The number of alkyl halides is 2. The van der Waals surface area contributed by atoms with Gasteiger partial charge in [-0.1, -0.05) is 70.1 Å². The average molecular weight is 668 g/mol. The Morgan fingerprint density at radius 2 is 1.00 bits per heavy atom. The van der Waals surface area contributed by atoms with E-state index in [0.717, 1.165) is 0 Å². The summed E-state index contributed by atoms with van der Waals surface area (Å²) in [6.07, 6.45) is 3.05. The van der Waals surface area contributed by atoms with Gasteiger partial charge in [-0.3, -0.25) is 9.59 Å². The lowest BCUT2D eigenvalue weighted by atomic mass is 10.2. The largest absolute Gasteiger partial charge is 0.492 e. The number of carbonyl (C=O) groups is 2. The first-order valence-corrected chi connectivity index (χ1v) is 16.6. The summed E-state index contributed by atoms with van der Waals surface area (Å²) in [5.74, 6) is 1.21. The van der Waals surface area contributed by atoms with Crippen molar-refractivity contribution in [3.8, 4) is 11.5 Å². The molecule has 4 aromatic carbocycles. The van der Waals surface area contributed by atoms with Crippen LogP contribution in [0.5, 0.6) is 11.5 Å². The molecule has 226 valence electrons. The van der Waals surface area contributed by atoms with E-state index in [1.54, 1.807) is 24.3 Å². The quantitative estimate of drug-likeness (QED) is 0.0600. The summed E-state index contributed by atoms with van der Waals surface area (Å²) < 4.78 is 11.2. The second-order valence-corrected chi connectivity index (χ2v) is 11.7. The highest BCUT2D eigenvalue weighted by Crippen LogP contribution is 2.40. The molecule has 0 saturated heterocycles. The molecule has 0 heterocycles. The van der Waals surface area contributed by atoms with E-state index < -0.39 is 0 Å². The maximum atomic E-state index is 13.0. The van der Waals surface area contributed by atoms with E-state index in [0.29, 0.717) is 68.5 Å². The van der Waals surface area contributed by atoms with Crippen LogP contribution >= 0.6 is 44.8 Å². The van der Waals surface area contributed by atoms with Crippen LogP contribution in [0.25, 0.3) is 0 Å². The van der Waals surface area contributed by atoms with Gasteiger partial charge in [0.15, 0.2) is 0 Å². The van der Waals surface area contributed by atoms with Crippen molar-refractivity contribution in [1.29, 1.82) is 0 Å². The molecule has 0 fully saturated rings. The Bertz CT molecular complexity index is 1500. The second kappa shape index (κ2) is 18.0. The molecule has 0 atom stereocenters. The molecule has 4 aromatic rings. The summed E-state index contributed by atoms with van der Waals surface area (Å²) >= 11 is 11.5. The maximum Gasteiger partial charge on any atom is 0.272 e. The average Bonchev–Trinajstić information content (AvgIpc) is 3.06. The van der Waals surface area contributed by atoms with Crippen molar-refractivity contribution in [2.24, 2.45) is 10.2 Å². The zero-order valence-corrected chi connectivity index (χ0v) is 26.5. The van der Waals surface area contributed by atoms with Crippen LogP contribution in [-0.4, -0.2) is 49.2 Å². The minimum Gasteiger partial charge on any atom is -0.492 e. The molecule has 0 saturated carbocycles. The molecule has 4 rings (SSSR count). The molecule has 0 aliphatic rings. The zero-order chi connectivity index (χ0) is 31.0. The number of benzene rings is 4. The van der Waals surface area contributed by atoms with Crippen molar-refractivity contribution < 1.29 is 19.1 Å². The van der Waals surface area contributed by atoms with Crippen molar-refractivity contribution in [3.63, 3.8) is 0 Å². The lowest BCUT2D eigenvalue weighted by molar-refractivity contribution is 0.0944. The van der Waals surface area contributed by atoms with Crippen LogP contribution in [0.3, 0.4) is 0 Å². The van der Waals surface area contributed by atoms with Gasteiger partial charge in [-0.15, -0.1) is 23.2 Å². The second-order valence-electron chi connectivity index (χ2n) is 8.71. The Morgan fingerprint density at radius 1 is 0.614 bits per heavy atom. The predicted molar refractivity (Wildman–Crippen MR) is 180 cm³/mol. The van der Waals surface area contributed by atoms with E-state index in [4.69, 9.17) is 32.7 Å². The molecule has 44 heavy (non-hydrogen) atoms. The van der Waals surface area contributed by atoms with E-state index in [1.165, 1.54) is 34.0 Å².